The zero-order valence-electron chi connectivity index (χ0n) is 6.08. The van der Waals surface area contributed by atoms with Crippen LogP contribution in [0, 0.1) is 0 Å². The van der Waals surface area contributed by atoms with Gasteiger partial charge in [-0.3, -0.25) is 0 Å². The molecule has 1 heterocycles. The second-order valence-corrected chi connectivity index (χ2v) is 4.98. The van der Waals surface area contributed by atoms with Crippen LogP contribution in [0.15, 0.2) is 0 Å². The highest BCUT2D eigenvalue weighted by molar-refractivity contribution is 8.76. The molecule has 0 atom stereocenters. The Morgan fingerprint density at radius 3 is 2.30 bits per heavy atom. The van der Waals surface area contributed by atoms with Gasteiger partial charge in [-0.05, 0) is 0 Å². The molecule has 1 aliphatic rings. The SMILES string of the molecule is NCCN1CCSSCC1. The van der Waals surface area contributed by atoms with Gasteiger partial charge in [0.25, 0.3) is 0 Å². The van der Waals surface area contributed by atoms with Crippen molar-refractivity contribution in [2.24, 2.45) is 5.73 Å². The highest BCUT2D eigenvalue weighted by Gasteiger charge is 2.07. The molecule has 2 N–H and O–H groups in total. The van der Waals surface area contributed by atoms with E-state index in [-0.39, 0.29) is 0 Å². The first-order valence-electron chi connectivity index (χ1n) is 3.60. The van der Waals surface area contributed by atoms with E-state index in [0.717, 1.165) is 13.1 Å². The molecule has 0 unspecified atom stereocenters. The van der Waals surface area contributed by atoms with Crippen LogP contribution in [0.2, 0.25) is 0 Å². The van der Waals surface area contributed by atoms with Gasteiger partial charge >= 0.3 is 0 Å². The third kappa shape index (κ3) is 3.14. The van der Waals surface area contributed by atoms with Crippen molar-refractivity contribution in [1.29, 1.82) is 0 Å². The van der Waals surface area contributed by atoms with Gasteiger partial charge in [0.1, 0.15) is 0 Å². The molecule has 2 nitrogen and oxygen atoms in total. The number of nitrogens with zero attached hydrogens (tertiary/aromatic N) is 1. The number of nitrogens with two attached hydrogens (primary N) is 1. The number of hydrogen-bond donors (Lipinski definition) is 1. The zero-order valence-corrected chi connectivity index (χ0v) is 7.72. The van der Waals surface area contributed by atoms with Crippen molar-refractivity contribution in [3.63, 3.8) is 0 Å². The van der Waals surface area contributed by atoms with Crippen LogP contribution in [0.25, 0.3) is 0 Å². The molecule has 1 aliphatic heterocycles. The van der Waals surface area contributed by atoms with Crippen molar-refractivity contribution in [2.75, 3.05) is 37.7 Å². The molecule has 0 spiro atoms. The van der Waals surface area contributed by atoms with E-state index in [0.29, 0.717) is 0 Å². The second-order valence-electron chi connectivity index (χ2n) is 2.27. The summed E-state index contributed by atoms with van der Waals surface area (Å²) in [6, 6.07) is 0. The molecule has 0 aliphatic carbocycles. The molecule has 0 radical (unpaired) electrons. The maximum Gasteiger partial charge on any atom is 0.0165 e. The van der Waals surface area contributed by atoms with Crippen LogP contribution in [0.3, 0.4) is 0 Å². The Morgan fingerprint density at radius 2 is 1.80 bits per heavy atom. The zero-order chi connectivity index (χ0) is 7.23. The molecule has 4 heteroatoms. The summed E-state index contributed by atoms with van der Waals surface area (Å²) in [5, 5.41) is 0. The highest BCUT2D eigenvalue weighted by Crippen LogP contribution is 2.23. The number of rotatable bonds is 2. The summed E-state index contributed by atoms with van der Waals surface area (Å²) in [6.07, 6.45) is 0. The first-order chi connectivity index (χ1) is 4.93. The van der Waals surface area contributed by atoms with Crippen LogP contribution in [0.1, 0.15) is 0 Å². The van der Waals surface area contributed by atoms with Gasteiger partial charge in [-0.25, -0.2) is 0 Å². The molecule has 0 saturated carbocycles. The Bertz CT molecular complexity index is 81.8. The fourth-order valence-corrected chi connectivity index (χ4v) is 3.02. The quantitative estimate of drug-likeness (QED) is 0.629. The van der Waals surface area contributed by atoms with Crippen molar-refractivity contribution < 1.29 is 0 Å². The summed E-state index contributed by atoms with van der Waals surface area (Å²) in [4.78, 5) is 2.44. The lowest BCUT2D eigenvalue weighted by Crippen LogP contribution is -2.32. The van der Waals surface area contributed by atoms with Gasteiger partial charge in [0.2, 0.25) is 0 Å². The lowest BCUT2D eigenvalue weighted by atomic mass is 10.5. The van der Waals surface area contributed by atoms with Crippen LogP contribution in [-0.2, 0) is 0 Å². The van der Waals surface area contributed by atoms with Crippen LogP contribution in [0.4, 0.5) is 0 Å². The molecule has 0 bridgehead atoms. The van der Waals surface area contributed by atoms with E-state index in [1.807, 2.05) is 21.6 Å². The predicted molar refractivity (Wildman–Crippen MR) is 50.4 cm³/mol. The molecular formula is C6H14N2S2. The smallest absolute Gasteiger partial charge is 0.0165 e. The summed E-state index contributed by atoms with van der Waals surface area (Å²) >= 11 is 0. The maximum atomic E-state index is 5.46. The minimum atomic E-state index is 0.801. The van der Waals surface area contributed by atoms with Crippen LogP contribution >= 0.6 is 21.6 Å². The van der Waals surface area contributed by atoms with E-state index in [1.54, 1.807) is 0 Å². The van der Waals surface area contributed by atoms with Crippen molar-refractivity contribution in [1.82, 2.24) is 4.90 Å². The van der Waals surface area contributed by atoms with E-state index in [2.05, 4.69) is 4.90 Å². The molecule has 1 saturated heterocycles. The van der Waals surface area contributed by atoms with Gasteiger partial charge in [0.05, 0.1) is 0 Å². The van der Waals surface area contributed by atoms with Gasteiger partial charge in [0, 0.05) is 37.7 Å². The first kappa shape index (κ1) is 8.71. The third-order valence-corrected chi connectivity index (χ3v) is 3.88. The summed E-state index contributed by atoms with van der Waals surface area (Å²) in [5.41, 5.74) is 5.46. The van der Waals surface area contributed by atoms with Crippen LogP contribution in [-0.4, -0.2) is 42.6 Å². The van der Waals surface area contributed by atoms with Crippen LogP contribution in [0.5, 0.6) is 0 Å². The van der Waals surface area contributed by atoms with Gasteiger partial charge in [0.15, 0.2) is 0 Å². The Morgan fingerprint density at radius 1 is 1.20 bits per heavy atom. The summed E-state index contributed by atoms with van der Waals surface area (Å²) < 4.78 is 0. The van der Waals surface area contributed by atoms with Crippen molar-refractivity contribution >= 4 is 21.6 Å². The monoisotopic (exact) mass is 178 g/mol. The summed E-state index contributed by atoms with van der Waals surface area (Å²) in [6.45, 7) is 4.31. The minimum Gasteiger partial charge on any atom is -0.329 e. The lowest BCUT2D eigenvalue weighted by molar-refractivity contribution is 0.319. The Hall–Kier alpha value is 0.620. The fraction of sp³-hybridized carbons (Fsp3) is 1.00. The van der Waals surface area contributed by atoms with Gasteiger partial charge in [-0.2, -0.15) is 0 Å². The number of hydrogen-bond acceptors (Lipinski definition) is 4. The van der Waals surface area contributed by atoms with Crippen molar-refractivity contribution in [2.45, 2.75) is 0 Å². The van der Waals surface area contributed by atoms with Crippen molar-refractivity contribution in [3.05, 3.63) is 0 Å². The molecule has 0 aromatic rings. The molecule has 0 aromatic carbocycles. The average Bonchev–Trinajstić information content (AvgIpc) is 2.17. The van der Waals surface area contributed by atoms with Gasteiger partial charge in [-0.1, -0.05) is 21.6 Å². The summed E-state index contributed by atoms with van der Waals surface area (Å²) in [7, 11) is 3.96. The topological polar surface area (TPSA) is 29.3 Å². The van der Waals surface area contributed by atoms with Gasteiger partial charge in [-0.15, -0.1) is 0 Å². The average molecular weight is 178 g/mol. The van der Waals surface area contributed by atoms with Gasteiger partial charge < -0.3 is 10.6 Å². The molecule has 1 fully saturated rings. The molecular weight excluding hydrogens is 164 g/mol. The van der Waals surface area contributed by atoms with Crippen molar-refractivity contribution in [3.8, 4) is 0 Å². The lowest BCUT2D eigenvalue weighted by Gasteiger charge is -2.16. The fourth-order valence-electron chi connectivity index (χ4n) is 0.969. The molecule has 10 heavy (non-hydrogen) atoms. The largest absolute Gasteiger partial charge is 0.329 e. The van der Waals surface area contributed by atoms with E-state index in [4.69, 9.17) is 5.73 Å². The predicted octanol–water partition coefficient (Wildman–Crippen LogP) is 0.642. The standard InChI is InChI=1S/C6H14N2S2/c7-1-2-8-3-5-9-10-6-4-8/h1-7H2. The van der Waals surface area contributed by atoms with Crippen LogP contribution < -0.4 is 5.73 Å². The van der Waals surface area contributed by atoms with E-state index in [9.17, 15) is 0 Å². The molecule has 0 aromatic heterocycles. The second kappa shape index (κ2) is 5.29. The Labute approximate surface area is 70.3 Å². The Kier molecular flexibility index (Phi) is 4.61. The third-order valence-electron chi connectivity index (χ3n) is 1.51. The molecule has 0 amide bonds. The Balaban J connectivity index is 2.15. The van der Waals surface area contributed by atoms with E-state index in [1.165, 1.54) is 24.6 Å². The molecule has 1 rings (SSSR count). The molecule has 60 valence electrons. The summed E-state index contributed by atoms with van der Waals surface area (Å²) in [5.74, 6) is 2.51. The van der Waals surface area contributed by atoms with E-state index >= 15 is 0 Å². The van der Waals surface area contributed by atoms with E-state index < -0.39 is 0 Å². The highest BCUT2D eigenvalue weighted by atomic mass is 33.1. The minimum absolute atomic E-state index is 0.801. The maximum absolute atomic E-state index is 5.46. The first-order valence-corrected chi connectivity index (χ1v) is 6.09. The normalized spacial score (nSPS) is 22.5.